The molecule has 0 spiro atoms. The lowest BCUT2D eigenvalue weighted by molar-refractivity contribution is 0.204. The lowest BCUT2D eigenvalue weighted by Crippen LogP contribution is -2.47. The first kappa shape index (κ1) is 18.5. The molecule has 0 radical (unpaired) electrons. The van der Waals surface area contributed by atoms with Crippen molar-refractivity contribution in [3.05, 3.63) is 0 Å². The third-order valence-electron chi connectivity index (χ3n) is 5.58. The summed E-state index contributed by atoms with van der Waals surface area (Å²) in [4.78, 5) is 9.75. The highest BCUT2D eigenvalue weighted by atomic mass is 15.3. The van der Waals surface area contributed by atoms with Gasteiger partial charge in [0.1, 0.15) is 0 Å². The Morgan fingerprint density at radius 1 is 1.22 bits per heavy atom. The van der Waals surface area contributed by atoms with Crippen LogP contribution in [0.25, 0.3) is 0 Å². The van der Waals surface area contributed by atoms with E-state index in [2.05, 4.69) is 55.3 Å². The fraction of sp³-hybridized carbons (Fsp3) is 0.944. The zero-order valence-electron chi connectivity index (χ0n) is 15.9. The van der Waals surface area contributed by atoms with Gasteiger partial charge in [0.05, 0.1) is 6.54 Å². The van der Waals surface area contributed by atoms with E-state index in [0.717, 1.165) is 25.1 Å². The quantitative estimate of drug-likeness (QED) is 0.579. The molecule has 23 heavy (non-hydrogen) atoms. The number of guanidine groups is 1. The maximum atomic E-state index is 4.83. The third kappa shape index (κ3) is 5.35. The van der Waals surface area contributed by atoms with Crippen molar-refractivity contribution in [1.82, 2.24) is 20.4 Å². The lowest BCUT2D eigenvalue weighted by atomic mass is 10.1. The molecule has 2 N–H and O–H groups in total. The molecule has 134 valence electrons. The van der Waals surface area contributed by atoms with E-state index in [1.807, 2.05) is 0 Å². The fourth-order valence-electron chi connectivity index (χ4n) is 3.43. The van der Waals surface area contributed by atoms with Crippen LogP contribution < -0.4 is 10.6 Å². The summed E-state index contributed by atoms with van der Waals surface area (Å²) in [5.41, 5.74) is 0.0773. The van der Waals surface area contributed by atoms with E-state index in [9.17, 15) is 0 Å². The van der Waals surface area contributed by atoms with Crippen LogP contribution in [-0.4, -0.2) is 73.7 Å². The van der Waals surface area contributed by atoms with Gasteiger partial charge < -0.3 is 15.5 Å². The highest BCUT2D eigenvalue weighted by molar-refractivity contribution is 5.80. The number of nitrogens with zero attached hydrogens (tertiary/aromatic N) is 3. The molecule has 0 amide bonds. The summed E-state index contributed by atoms with van der Waals surface area (Å²) < 4.78 is 0. The van der Waals surface area contributed by atoms with Gasteiger partial charge in [0.2, 0.25) is 0 Å². The molecule has 0 bridgehead atoms. The number of hydrogen-bond acceptors (Lipinski definition) is 3. The molecule has 1 heterocycles. The van der Waals surface area contributed by atoms with Gasteiger partial charge in [-0.25, -0.2) is 0 Å². The third-order valence-corrected chi connectivity index (χ3v) is 5.58. The molecule has 2 rings (SSSR count). The number of hydrogen-bond donors (Lipinski definition) is 2. The predicted molar refractivity (Wildman–Crippen MR) is 99.1 cm³/mol. The Hall–Kier alpha value is -0.810. The molecule has 0 aromatic carbocycles. The smallest absolute Gasteiger partial charge is 0.191 e. The average molecular weight is 324 g/mol. The Bertz CT molecular complexity index is 385. The van der Waals surface area contributed by atoms with Gasteiger partial charge in [-0.15, -0.1) is 0 Å². The van der Waals surface area contributed by atoms with Crippen molar-refractivity contribution in [2.45, 2.75) is 70.5 Å². The molecule has 5 nitrogen and oxygen atoms in total. The molecule has 1 unspecified atom stereocenters. The van der Waals surface area contributed by atoms with E-state index in [1.165, 1.54) is 45.2 Å². The van der Waals surface area contributed by atoms with Crippen molar-refractivity contribution in [1.29, 1.82) is 0 Å². The Kier molecular flexibility index (Phi) is 6.72. The minimum Gasteiger partial charge on any atom is -0.357 e. The number of likely N-dealkylation sites (N-methyl/N-ethyl adjacent to an activating group) is 1. The second kappa shape index (κ2) is 8.34. The molecule has 0 aromatic rings. The topological polar surface area (TPSA) is 42.9 Å². The zero-order chi connectivity index (χ0) is 16.9. The number of aliphatic imine (C=N–C) groups is 1. The van der Waals surface area contributed by atoms with Gasteiger partial charge in [-0.05, 0) is 54.1 Å². The minimum atomic E-state index is 0.0773. The Balaban J connectivity index is 1.86. The summed E-state index contributed by atoms with van der Waals surface area (Å²) in [6, 6.07) is 1.38. The molecule has 1 aliphatic heterocycles. The van der Waals surface area contributed by atoms with Gasteiger partial charge in [-0.2, -0.15) is 0 Å². The van der Waals surface area contributed by atoms with Crippen LogP contribution in [0.4, 0.5) is 0 Å². The first-order valence-electron chi connectivity index (χ1n) is 9.38. The van der Waals surface area contributed by atoms with Crippen LogP contribution in [0, 0.1) is 0 Å². The van der Waals surface area contributed by atoms with Crippen LogP contribution in [-0.2, 0) is 0 Å². The van der Waals surface area contributed by atoms with Crippen LogP contribution >= 0.6 is 0 Å². The zero-order valence-corrected chi connectivity index (χ0v) is 15.9. The average Bonchev–Trinajstić information content (AvgIpc) is 3.15. The highest BCUT2D eigenvalue weighted by Gasteiger charge is 2.30. The molecule has 1 atom stereocenters. The molecule has 0 aromatic heterocycles. The van der Waals surface area contributed by atoms with Crippen molar-refractivity contribution >= 4 is 5.96 Å². The monoisotopic (exact) mass is 323 g/mol. The normalized spacial score (nSPS) is 24.6. The second-order valence-electron chi connectivity index (χ2n) is 7.97. The van der Waals surface area contributed by atoms with Crippen LogP contribution in [0.15, 0.2) is 4.99 Å². The highest BCUT2D eigenvalue weighted by Crippen LogP contribution is 2.26. The molecular formula is C18H37N5. The second-order valence-corrected chi connectivity index (χ2v) is 7.97. The minimum absolute atomic E-state index is 0.0773. The van der Waals surface area contributed by atoms with Gasteiger partial charge in [0.15, 0.2) is 5.96 Å². The molecule has 2 aliphatic rings. The summed E-state index contributed by atoms with van der Waals surface area (Å²) in [6.45, 7) is 10.7. The maximum Gasteiger partial charge on any atom is 0.191 e. The van der Waals surface area contributed by atoms with Crippen LogP contribution in [0.5, 0.6) is 0 Å². The van der Waals surface area contributed by atoms with E-state index in [4.69, 9.17) is 4.99 Å². The van der Waals surface area contributed by atoms with Gasteiger partial charge >= 0.3 is 0 Å². The van der Waals surface area contributed by atoms with Crippen molar-refractivity contribution in [3.63, 3.8) is 0 Å². The van der Waals surface area contributed by atoms with Crippen molar-refractivity contribution < 1.29 is 0 Å². The fourth-order valence-corrected chi connectivity index (χ4v) is 3.43. The van der Waals surface area contributed by atoms with Crippen LogP contribution in [0.2, 0.25) is 0 Å². The van der Waals surface area contributed by atoms with Crippen molar-refractivity contribution in [3.8, 4) is 0 Å². The lowest BCUT2D eigenvalue weighted by Gasteiger charge is -2.31. The molecule has 5 heteroatoms. The molecule has 1 aliphatic carbocycles. The number of nitrogens with one attached hydrogen (secondary N) is 2. The summed E-state index contributed by atoms with van der Waals surface area (Å²) in [7, 11) is 4.23. The number of rotatable bonds is 6. The van der Waals surface area contributed by atoms with Crippen LogP contribution in [0.3, 0.4) is 0 Å². The van der Waals surface area contributed by atoms with Gasteiger partial charge in [0, 0.05) is 37.3 Å². The van der Waals surface area contributed by atoms with E-state index < -0.39 is 0 Å². The van der Waals surface area contributed by atoms with Gasteiger partial charge in [-0.1, -0.05) is 12.8 Å². The van der Waals surface area contributed by atoms with Crippen LogP contribution in [0.1, 0.15) is 52.9 Å². The first-order valence-corrected chi connectivity index (χ1v) is 9.38. The summed E-state index contributed by atoms with van der Waals surface area (Å²) in [6.07, 6.45) is 6.87. The predicted octanol–water partition coefficient (Wildman–Crippen LogP) is 1.90. The largest absolute Gasteiger partial charge is 0.357 e. The van der Waals surface area contributed by atoms with Gasteiger partial charge in [0.25, 0.3) is 0 Å². The summed E-state index contributed by atoms with van der Waals surface area (Å²) in [5, 5.41) is 7.07. The van der Waals surface area contributed by atoms with E-state index in [-0.39, 0.29) is 5.54 Å². The summed E-state index contributed by atoms with van der Waals surface area (Å²) >= 11 is 0. The Labute approximate surface area is 142 Å². The Morgan fingerprint density at radius 3 is 2.52 bits per heavy atom. The van der Waals surface area contributed by atoms with E-state index >= 15 is 0 Å². The molecular weight excluding hydrogens is 286 g/mol. The summed E-state index contributed by atoms with van der Waals surface area (Å²) in [5.74, 6) is 0.973. The van der Waals surface area contributed by atoms with Crippen molar-refractivity contribution in [2.75, 3.05) is 40.3 Å². The van der Waals surface area contributed by atoms with Crippen molar-refractivity contribution in [2.24, 2.45) is 4.99 Å². The van der Waals surface area contributed by atoms with Gasteiger partial charge in [-0.3, -0.25) is 9.89 Å². The molecule has 1 saturated carbocycles. The molecule has 2 fully saturated rings. The Morgan fingerprint density at radius 2 is 1.91 bits per heavy atom. The van der Waals surface area contributed by atoms with E-state index in [0.29, 0.717) is 6.04 Å². The SMILES string of the molecule is CCNC(=NCC(C)(C)N(C)C)NC1CCN(C2CCCC2)C1. The number of likely N-dealkylation sites (tertiary alicyclic amines) is 1. The maximum absolute atomic E-state index is 4.83. The first-order chi connectivity index (χ1) is 10.9. The molecule has 1 saturated heterocycles. The van der Waals surface area contributed by atoms with E-state index in [1.54, 1.807) is 0 Å². The standard InChI is InChI=1S/C18H37N5/c1-6-19-17(20-14-18(2,3)22(4)5)21-15-11-12-23(13-15)16-9-7-8-10-16/h15-16H,6-14H2,1-5H3,(H2,19,20,21).